The molecule has 0 radical (unpaired) electrons. The lowest BCUT2D eigenvalue weighted by molar-refractivity contribution is 0.434. The highest BCUT2D eigenvalue weighted by Gasteiger charge is 2.61. The van der Waals surface area contributed by atoms with Gasteiger partial charge in [0.15, 0.2) is 11.5 Å². The van der Waals surface area contributed by atoms with Gasteiger partial charge >= 0.3 is 0 Å². The molecule has 0 aromatic heterocycles. The highest BCUT2D eigenvalue weighted by atomic mass is 28.3. The van der Waals surface area contributed by atoms with E-state index in [9.17, 15) is 0 Å². The molecule has 230 valence electrons. The molecule has 4 heterocycles. The maximum absolute atomic E-state index is 7.15. The Balaban J connectivity index is 1.47. The number of benzene rings is 6. The van der Waals surface area contributed by atoms with Gasteiger partial charge in [0.2, 0.25) is 8.07 Å². The number of rotatable bonds is 1. The highest BCUT2D eigenvalue weighted by molar-refractivity contribution is 7.23. The average Bonchev–Trinajstić information content (AvgIpc) is 3.05. The van der Waals surface area contributed by atoms with Crippen molar-refractivity contribution in [3.8, 4) is 34.5 Å². The summed E-state index contributed by atoms with van der Waals surface area (Å²) in [7, 11) is -3.05. The fourth-order valence-corrected chi connectivity index (χ4v) is 14.0. The molecule has 0 N–H and O–H groups in total. The van der Waals surface area contributed by atoms with Gasteiger partial charge in [0.05, 0.1) is 17.1 Å². The van der Waals surface area contributed by atoms with Gasteiger partial charge in [-0.2, -0.15) is 0 Å². The molecule has 6 aromatic rings. The van der Waals surface area contributed by atoms with Crippen LogP contribution < -0.4 is 39.9 Å². The minimum absolute atomic E-state index is 0.141. The van der Waals surface area contributed by atoms with Crippen LogP contribution in [0.4, 0.5) is 17.1 Å². The van der Waals surface area contributed by atoms with E-state index in [1.807, 2.05) is 0 Å². The first-order valence-corrected chi connectivity index (χ1v) is 18.5. The second-order valence-electron chi connectivity index (χ2n) is 15.4. The van der Waals surface area contributed by atoms with Crippen molar-refractivity contribution in [2.24, 2.45) is 0 Å². The Hall–Kier alpha value is -5.00. The van der Waals surface area contributed by atoms with Gasteiger partial charge in [0.25, 0.3) is 0 Å². The summed E-state index contributed by atoms with van der Waals surface area (Å²) >= 11 is 0. The fourth-order valence-electron chi connectivity index (χ4n) is 8.48. The summed E-state index contributed by atoms with van der Waals surface area (Å²) in [6, 6.07) is 37.4. The van der Waals surface area contributed by atoms with Crippen molar-refractivity contribution in [2.45, 2.75) is 52.4 Å². The molecule has 5 heteroatoms. The molecule has 0 bridgehead atoms. The second kappa shape index (κ2) is 8.67. The number of ether oxygens (including phenoxy) is 3. The van der Waals surface area contributed by atoms with E-state index >= 15 is 0 Å². The molecular weight excluding hydrogens is 595 g/mol. The Morgan fingerprint density at radius 2 is 1.13 bits per heavy atom. The molecule has 10 rings (SSSR count). The summed E-state index contributed by atoms with van der Waals surface area (Å²) in [5, 5.41) is 7.40. The van der Waals surface area contributed by atoms with Crippen LogP contribution in [0.2, 0.25) is 0 Å². The van der Waals surface area contributed by atoms with E-state index in [0.29, 0.717) is 0 Å². The van der Waals surface area contributed by atoms with E-state index < -0.39 is 8.07 Å². The molecule has 4 aliphatic rings. The Kier molecular flexibility index (Phi) is 5.00. The molecule has 0 amide bonds. The van der Waals surface area contributed by atoms with Gasteiger partial charge in [-0.3, -0.25) is 0 Å². The minimum atomic E-state index is -3.05. The Morgan fingerprint density at radius 3 is 1.81 bits per heavy atom. The predicted octanol–water partition coefficient (Wildman–Crippen LogP) is 8.91. The monoisotopic (exact) mass is 629 g/mol. The zero-order valence-electron chi connectivity index (χ0n) is 27.5. The van der Waals surface area contributed by atoms with Crippen LogP contribution in [0.1, 0.15) is 52.7 Å². The molecule has 4 aliphatic heterocycles. The zero-order chi connectivity index (χ0) is 32.0. The van der Waals surface area contributed by atoms with Crippen molar-refractivity contribution in [2.75, 3.05) is 4.90 Å². The lowest BCUT2D eigenvalue weighted by atomic mass is 9.85. The first-order chi connectivity index (χ1) is 22.6. The van der Waals surface area contributed by atoms with Crippen LogP contribution in [-0.4, -0.2) is 8.07 Å². The van der Waals surface area contributed by atoms with Gasteiger partial charge in [-0.15, -0.1) is 0 Å². The Bertz CT molecular complexity index is 2350. The number of nitrogens with zero attached hydrogens (tertiary/aromatic N) is 1. The van der Waals surface area contributed by atoms with Crippen LogP contribution in [0.15, 0.2) is 103 Å². The van der Waals surface area contributed by atoms with E-state index in [-0.39, 0.29) is 10.8 Å². The number of anilines is 3. The van der Waals surface area contributed by atoms with E-state index in [1.165, 1.54) is 31.7 Å². The molecule has 4 nitrogen and oxygen atoms in total. The standard InChI is InChI=1S/C42H35NO3Si/c1-41(2,3)27-19-20-29-38-36(27)45-31-17-12-18-32-39(31)47(38,26-15-8-7-9-16-26)40-35-34(23-28(37(40)46-32)42(4,5)6)44-33-22-25-14-11-10-13-24(25)21-30(33)43(29)35/h7-23H,1-6H3. The number of hydrogen-bond acceptors (Lipinski definition) is 4. The van der Waals surface area contributed by atoms with Crippen LogP contribution in [0.25, 0.3) is 10.8 Å². The lowest BCUT2D eigenvalue weighted by Crippen LogP contribution is -2.80. The molecule has 0 fully saturated rings. The van der Waals surface area contributed by atoms with Gasteiger partial charge in [-0.05, 0) is 63.2 Å². The maximum Gasteiger partial charge on any atom is 0.203 e. The molecular formula is C42H35NO3Si. The fraction of sp³-hybridized carbons (Fsp3) is 0.190. The van der Waals surface area contributed by atoms with Crippen molar-refractivity contribution in [1.29, 1.82) is 0 Å². The Morgan fingerprint density at radius 1 is 0.489 bits per heavy atom. The van der Waals surface area contributed by atoms with Gasteiger partial charge in [-0.25, -0.2) is 0 Å². The van der Waals surface area contributed by atoms with Gasteiger partial charge < -0.3 is 19.1 Å². The van der Waals surface area contributed by atoms with Crippen LogP contribution in [0, 0.1) is 0 Å². The average molecular weight is 630 g/mol. The van der Waals surface area contributed by atoms with Crippen LogP contribution in [-0.2, 0) is 10.8 Å². The number of fused-ring (bicyclic) bond motifs is 4. The molecule has 0 saturated heterocycles. The van der Waals surface area contributed by atoms with Crippen LogP contribution in [0.3, 0.4) is 0 Å². The van der Waals surface area contributed by atoms with E-state index in [4.69, 9.17) is 14.2 Å². The third-order valence-electron chi connectivity index (χ3n) is 10.5. The van der Waals surface area contributed by atoms with Crippen LogP contribution >= 0.6 is 0 Å². The molecule has 0 aliphatic carbocycles. The van der Waals surface area contributed by atoms with Crippen LogP contribution in [0.5, 0.6) is 34.5 Å². The number of hydrogen-bond donors (Lipinski definition) is 0. The van der Waals surface area contributed by atoms with Crippen molar-refractivity contribution >= 4 is 56.7 Å². The summed E-state index contributed by atoms with van der Waals surface area (Å²) in [6.45, 7) is 13.7. The highest BCUT2D eigenvalue weighted by Crippen LogP contribution is 2.59. The smallest absolute Gasteiger partial charge is 0.203 e. The third kappa shape index (κ3) is 3.32. The molecule has 1 unspecified atom stereocenters. The molecule has 0 spiro atoms. The maximum atomic E-state index is 7.15. The zero-order valence-corrected chi connectivity index (χ0v) is 28.5. The van der Waals surface area contributed by atoms with E-state index in [2.05, 4.69) is 150 Å². The quantitative estimate of drug-likeness (QED) is 0.170. The third-order valence-corrected chi connectivity index (χ3v) is 15.4. The molecule has 0 saturated carbocycles. The molecule has 6 aromatic carbocycles. The largest absolute Gasteiger partial charge is 0.457 e. The minimum Gasteiger partial charge on any atom is -0.457 e. The van der Waals surface area contributed by atoms with Gasteiger partial charge in [0.1, 0.15) is 23.0 Å². The lowest BCUT2D eigenvalue weighted by Gasteiger charge is -2.52. The van der Waals surface area contributed by atoms with Crippen molar-refractivity contribution in [3.05, 3.63) is 114 Å². The second-order valence-corrected chi connectivity index (χ2v) is 18.9. The summed E-state index contributed by atoms with van der Waals surface area (Å²) < 4.78 is 21.3. The first-order valence-electron chi connectivity index (χ1n) is 16.5. The summed E-state index contributed by atoms with van der Waals surface area (Å²) in [4.78, 5) is 2.46. The summed E-state index contributed by atoms with van der Waals surface area (Å²) in [6.07, 6.45) is 0. The Labute approximate surface area is 276 Å². The van der Waals surface area contributed by atoms with Crippen molar-refractivity contribution < 1.29 is 14.2 Å². The SMILES string of the molecule is CC(C)(C)c1ccc2c3c1Oc1cccc4c1[Si]3(c1ccccc1)c1c(c(C(C)(C)C)cc3c1N2c1cc2ccccc2cc1O3)O4. The summed E-state index contributed by atoms with van der Waals surface area (Å²) in [5.74, 6) is 5.48. The molecule has 47 heavy (non-hydrogen) atoms. The normalized spacial score (nSPS) is 17.7. The predicted molar refractivity (Wildman–Crippen MR) is 193 cm³/mol. The van der Waals surface area contributed by atoms with E-state index in [1.54, 1.807) is 0 Å². The van der Waals surface area contributed by atoms with Crippen molar-refractivity contribution in [3.63, 3.8) is 0 Å². The van der Waals surface area contributed by atoms with Crippen molar-refractivity contribution in [1.82, 2.24) is 0 Å². The molecule has 1 atom stereocenters. The van der Waals surface area contributed by atoms with E-state index in [0.717, 1.165) is 62.5 Å². The summed E-state index contributed by atoms with van der Waals surface area (Å²) in [5.41, 5.74) is 5.31. The first kappa shape index (κ1) is 27.1. The topological polar surface area (TPSA) is 30.9 Å². The van der Waals surface area contributed by atoms with Gasteiger partial charge in [-0.1, -0.05) is 108 Å². The van der Waals surface area contributed by atoms with Gasteiger partial charge in [0, 0.05) is 26.7 Å².